The predicted octanol–water partition coefficient (Wildman–Crippen LogP) is 2.42. The minimum Gasteiger partial charge on any atom is -0.303 e. The Labute approximate surface area is 193 Å². The molecule has 2 aromatic heterocycles. The predicted molar refractivity (Wildman–Crippen MR) is 129 cm³/mol. The summed E-state index contributed by atoms with van der Waals surface area (Å²) in [4.78, 5) is 40.3. The van der Waals surface area contributed by atoms with E-state index < -0.39 is 16.2 Å². The van der Waals surface area contributed by atoms with Crippen molar-refractivity contribution >= 4 is 29.0 Å². The number of nitrogens with one attached hydrogen (secondary N) is 1. The number of anilines is 1. The van der Waals surface area contributed by atoms with Crippen molar-refractivity contribution in [3.05, 3.63) is 96.7 Å². The molecule has 11 nitrogen and oxygen atoms in total. The van der Waals surface area contributed by atoms with E-state index in [4.69, 9.17) is 0 Å². The molecule has 0 bridgehead atoms. The standard InChI is InChI=1S/C23H23N7O4/c1-27-20-19(21(31)28(2)23(27)32)29(13-7-11-16-8-4-3-5-9-16)22(25-20)26-24-15-17-10-6-12-18(14-17)30(33)34/h3-6,8-10,12,14-15H,7,11,13H2,1-2H3,(H,25,26). The van der Waals surface area contributed by atoms with Crippen LogP contribution in [0.3, 0.4) is 0 Å². The highest BCUT2D eigenvalue weighted by Gasteiger charge is 2.19. The first kappa shape index (κ1) is 22.6. The van der Waals surface area contributed by atoms with E-state index in [0.29, 0.717) is 23.6 Å². The van der Waals surface area contributed by atoms with Crippen LogP contribution in [0.2, 0.25) is 0 Å². The second kappa shape index (κ2) is 9.53. The molecule has 4 aromatic rings. The Hall–Kier alpha value is -4.54. The highest BCUT2D eigenvalue weighted by atomic mass is 16.6. The molecule has 0 unspecified atom stereocenters. The van der Waals surface area contributed by atoms with Crippen LogP contribution in [0.1, 0.15) is 17.5 Å². The van der Waals surface area contributed by atoms with E-state index in [9.17, 15) is 19.7 Å². The van der Waals surface area contributed by atoms with Gasteiger partial charge in [0.1, 0.15) is 0 Å². The first-order valence-electron chi connectivity index (χ1n) is 10.6. The van der Waals surface area contributed by atoms with E-state index in [1.165, 1.54) is 35.5 Å². The summed E-state index contributed by atoms with van der Waals surface area (Å²) < 4.78 is 4.08. The third kappa shape index (κ3) is 4.49. The topological polar surface area (TPSA) is 129 Å². The van der Waals surface area contributed by atoms with E-state index >= 15 is 0 Å². The zero-order chi connectivity index (χ0) is 24.2. The van der Waals surface area contributed by atoms with Crippen molar-refractivity contribution in [2.24, 2.45) is 19.2 Å². The fourth-order valence-electron chi connectivity index (χ4n) is 3.72. The van der Waals surface area contributed by atoms with E-state index in [1.54, 1.807) is 23.7 Å². The van der Waals surface area contributed by atoms with Gasteiger partial charge in [-0.3, -0.25) is 24.0 Å². The molecule has 174 valence electrons. The van der Waals surface area contributed by atoms with Crippen LogP contribution >= 0.6 is 0 Å². The molecule has 0 aliphatic heterocycles. The number of aryl methyl sites for hydroxylation is 3. The number of nitro groups is 1. The van der Waals surface area contributed by atoms with Gasteiger partial charge in [0.15, 0.2) is 11.2 Å². The third-order valence-corrected chi connectivity index (χ3v) is 5.50. The summed E-state index contributed by atoms with van der Waals surface area (Å²) in [5, 5.41) is 15.1. The fourth-order valence-corrected chi connectivity index (χ4v) is 3.72. The molecule has 0 spiro atoms. The van der Waals surface area contributed by atoms with Crippen molar-refractivity contribution in [3.8, 4) is 0 Å². The number of hydrazone groups is 1. The molecule has 0 aliphatic carbocycles. The van der Waals surface area contributed by atoms with Crippen LogP contribution < -0.4 is 16.7 Å². The first-order valence-corrected chi connectivity index (χ1v) is 10.6. The van der Waals surface area contributed by atoms with Crippen molar-refractivity contribution in [2.75, 3.05) is 5.43 Å². The Morgan fingerprint density at radius 2 is 1.85 bits per heavy atom. The van der Waals surface area contributed by atoms with Gasteiger partial charge in [-0.25, -0.2) is 10.2 Å². The maximum atomic E-state index is 12.9. The molecule has 2 heterocycles. The molecule has 11 heteroatoms. The summed E-state index contributed by atoms with van der Waals surface area (Å²) in [5.74, 6) is 0.294. The van der Waals surface area contributed by atoms with Crippen LogP contribution in [0.25, 0.3) is 11.2 Å². The highest BCUT2D eigenvalue weighted by Crippen LogP contribution is 2.17. The quantitative estimate of drug-likeness (QED) is 0.244. The molecule has 0 radical (unpaired) electrons. The molecular weight excluding hydrogens is 438 g/mol. The summed E-state index contributed by atoms with van der Waals surface area (Å²) >= 11 is 0. The average molecular weight is 461 g/mol. The lowest BCUT2D eigenvalue weighted by atomic mass is 10.1. The number of aromatic nitrogens is 4. The van der Waals surface area contributed by atoms with Gasteiger partial charge in [-0.2, -0.15) is 10.1 Å². The van der Waals surface area contributed by atoms with Crippen molar-refractivity contribution in [2.45, 2.75) is 19.4 Å². The normalized spacial score (nSPS) is 11.4. The number of hydrogen-bond acceptors (Lipinski definition) is 7. The van der Waals surface area contributed by atoms with Crippen LogP contribution in [0.15, 0.2) is 69.3 Å². The number of fused-ring (bicyclic) bond motifs is 1. The number of rotatable bonds is 8. The van der Waals surface area contributed by atoms with E-state index in [-0.39, 0.29) is 11.3 Å². The highest BCUT2D eigenvalue weighted by molar-refractivity contribution is 5.81. The van der Waals surface area contributed by atoms with Gasteiger partial charge in [0.2, 0.25) is 5.95 Å². The summed E-state index contributed by atoms with van der Waals surface area (Å²) in [6.07, 6.45) is 2.95. The van der Waals surface area contributed by atoms with Gasteiger partial charge in [-0.1, -0.05) is 42.5 Å². The molecule has 0 aliphatic rings. The van der Waals surface area contributed by atoms with Gasteiger partial charge in [-0.05, 0) is 18.4 Å². The Morgan fingerprint density at radius 3 is 2.59 bits per heavy atom. The number of imidazole rings is 1. The SMILES string of the molecule is Cn1c(=O)c2c(nc(NN=Cc3cccc([N+](=O)[O-])c3)n2CCCc2ccccc2)n(C)c1=O. The second-order valence-corrected chi connectivity index (χ2v) is 7.78. The first-order chi connectivity index (χ1) is 16.4. The molecule has 0 saturated carbocycles. The molecule has 1 N–H and O–H groups in total. The largest absolute Gasteiger partial charge is 0.332 e. The molecule has 0 atom stereocenters. The summed E-state index contributed by atoms with van der Waals surface area (Å²) in [5.41, 5.74) is 4.11. The fraction of sp³-hybridized carbons (Fsp3) is 0.217. The Bertz CT molecular complexity index is 1500. The summed E-state index contributed by atoms with van der Waals surface area (Å²) in [7, 11) is 2.99. The van der Waals surface area contributed by atoms with Crippen LogP contribution in [0.5, 0.6) is 0 Å². The maximum Gasteiger partial charge on any atom is 0.332 e. The lowest BCUT2D eigenvalue weighted by Crippen LogP contribution is -2.37. The Morgan fingerprint density at radius 1 is 1.09 bits per heavy atom. The summed E-state index contributed by atoms with van der Waals surface area (Å²) in [6.45, 7) is 0.466. The van der Waals surface area contributed by atoms with E-state index in [1.807, 2.05) is 30.3 Å². The zero-order valence-corrected chi connectivity index (χ0v) is 18.7. The van der Waals surface area contributed by atoms with Crippen molar-refractivity contribution in [3.63, 3.8) is 0 Å². The smallest absolute Gasteiger partial charge is 0.303 e. The third-order valence-electron chi connectivity index (χ3n) is 5.50. The van der Waals surface area contributed by atoms with Gasteiger partial charge in [0, 0.05) is 38.3 Å². The van der Waals surface area contributed by atoms with Gasteiger partial charge in [-0.15, -0.1) is 0 Å². The summed E-state index contributed by atoms with van der Waals surface area (Å²) in [6, 6.07) is 16.0. The van der Waals surface area contributed by atoms with E-state index in [2.05, 4.69) is 15.5 Å². The van der Waals surface area contributed by atoms with Crippen LogP contribution in [-0.2, 0) is 27.1 Å². The maximum absolute atomic E-state index is 12.9. The molecule has 0 saturated heterocycles. The zero-order valence-electron chi connectivity index (χ0n) is 18.7. The molecule has 2 aromatic carbocycles. The number of hydrogen-bond donors (Lipinski definition) is 1. The monoisotopic (exact) mass is 461 g/mol. The van der Waals surface area contributed by atoms with Gasteiger partial charge in [0.05, 0.1) is 11.1 Å². The Kier molecular flexibility index (Phi) is 6.35. The lowest BCUT2D eigenvalue weighted by molar-refractivity contribution is -0.384. The molecule has 4 rings (SSSR count). The van der Waals surface area contributed by atoms with Gasteiger partial charge >= 0.3 is 5.69 Å². The van der Waals surface area contributed by atoms with Gasteiger partial charge < -0.3 is 4.57 Å². The second-order valence-electron chi connectivity index (χ2n) is 7.78. The number of benzene rings is 2. The van der Waals surface area contributed by atoms with Crippen LogP contribution in [0.4, 0.5) is 11.6 Å². The lowest BCUT2D eigenvalue weighted by Gasteiger charge is -2.09. The minimum atomic E-state index is -0.479. The van der Waals surface area contributed by atoms with Gasteiger partial charge in [0.25, 0.3) is 11.2 Å². The van der Waals surface area contributed by atoms with E-state index in [0.717, 1.165) is 17.4 Å². The Balaban J connectivity index is 1.67. The minimum absolute atomic E-state index is 0.0457. The molecule has 34 heavy (non-hydrogen) atoms. The number of non-ortho nitro benzene ring substituents is 1. The molecule has 0 amide bonds. The van der Waals surface area contributed by atoms with Crippen LogP contribution in [-0.4, -0.2) is 29.8 Å². The number of nitrogens with zero attached hydrogens (tertiary/aromatic N) is 6. The van der Waals surface area contributed by atoms with Crippen molar-refractivity contribution in [1.29, 1.82) is 0 Å². The van der Waals surface area contributed by atoms with Crippen LogP contribution in [0, 0.1) is 10.1 Å². The average Bonchev–Trinajstić information content (AvgIpc) is 3.20. The molecule has 0 fully saturated rings. The van der Waals surface area contributed by atoms with Crippen molar-refractivity contribution < 1.29 is 4.92 Å². The number of nitro benzene ring substituents is 1. The van der Waals surface area contributed by atoms with Crippen molar-refractivity contribution in [1.82, 2.24) is 18.7 Å². The molecular formula is C23H23N7O4.